The summed E-state index contributed by atoms with van der Waals surface area (Å²) >= 11 is 2.12. The van der Waals surface area contributed by atoms with E-state index in [1.165, 1.54) is 60.3 Å². The Balaban J connectivity index is 1.52. The number of rotatable bonds is 10. The first-order chi connectivity index (χ1) is 13.8. The van der Waals surface area contributed by atoms with Gasteiger partial charge in [-0.1, -0.05) is 38.0 Å². The maximum atomic E-state index is 11.0. The molecule has 2 aliphatic carbocycles. The molecule has 1 aromatic carbocycles. The van der Waals surface area contributed by atoms with Crippen LogP contribution >= 0.6 is 19.6 Å². The van der Waals surface area contributed by atoms with Crippen molar-refractivity contribution in [2.45, 2.75) is 76.2 Å². The second-order valence-electron chi connectivity index (χ2n) is 8.99. The van der Waals surface area contributed by atoms with Gasteiger partial charge in [0, 0.05) is 5.54 Å². The van der Waals surface area contributed by atoms with Crippen LogP contribution in [-0.2, 0) is 21.9 Å². The molecule has 0 heterocycles. The highest BCUT2D eigenvalue weighted by molar-refractivity contribution is 7.99. The zero-order valence-corrected chi connectivity index (χ0v) is 19.2. The smallest absolute Gasteiger partial charge is 0.323 e. The molecule has 3 atom stereocenters. The molecule has 0 spiro atoms. The van der Waals surface area contributed by atoms with Crippen LogP contribution in [0.1, 0.15) is 74.5 Å². The van der Waals surface area contributed by atoms with Crippen LogP contribution in [0.4, 0.5) is 0 Å². The van der Waals surface area contributed by atoms with E-state index in [0.29, 0.717) is 12.3 Å². The summed E-state index contributed by atoms with van der Waals surface area (Å²) in [5.41, 5.74) is 10.0. The molecule has 0 bridgehead atoms. The minimum Gasteiger partial charge on any atom is -0.323 e. The Labute approximate surface area is 179 Å². The first-order valence-corrected chi connectivity index (χ1v) is 13.6. The lowest BCUT2D eigenvalue weighted by Crippen LogP contribution is -2.41. The SMILES string of the molecule is CCCCCSC[C@@H]1CCc2cc([C@H]3CC[C@](N)(COP(=O)(O)O)C3)ccc2C1. The number of phosphoric acid groups is 1. The topological polar surface area (TPSA) is 92.8 Å². The molecule has 29 heavy (non-hydrogen) atoms. The predicted octanol–water partition coefficient (Wildman–Crippen LogP) is 4.79. The second-order valence-corrected chi connectivity index (χ2v) is 11.4. The Kier molecular flexibility index (Phi) is 8.28. The fourth-order valence-corrected chi connectivity index (χ4v) is 6.35. The molecule has 4 N–H and O–H groups in total. The van der Waals surface area contributed by atoms with Crippen LogP contribution in [0.3, 0.4) is 0 Å². The van der Waals surface area contributed by atoms with Gasteiger partial charge >= 0.3 is 7.82 Å². The van der Waals surface area contributed by atoms with Crippen LogP contribution in [0.25, 0.3) is 0 Å². The third-order valence-corrected chi connectivity index (χ3v) is 8.19. The van der Waals surface area contributed by atoms with Crippen molar-refractivity contribution in [3.8, 4) is 0 Å². The molecule has 7 heteroatoms. The third kappa shape index (κ3) is 7.09. The van der Waals surface area contributed by atoms with Crippen LogP contribution in [0.15, 0.2) is 18.2 Å². The number of phosphoric ester groups is 1. The molecule has 0 aromatic heterocycles. The third-order valence-electron chi connectivity index (χ3n) is 6.44. The van der Waals surface area contributed by atoms with Gasteiger partial charge in [0.05, 0.1) is 6.61 Å². The Hall–Kier alpha value is -0.360. The van der Waals surface area contributed by atoms with Crippen LogP contribution in [0.2, 0.25) is 0 Å². The Morgan fingerprint density at radius 3 is 2.86 bits per heavy atom. The molecule has 0 unspecified atom stereocenters. The summed E-state index contributed by atoms with van der Waals surface area (Å²) in [6, 6.07) is 6.91. The van der Waals surface area contributed by atoms with Crippen LogP contribution in [0, 0.1) is 5.92 Å². The Morgan fingerprint density at radius 2 is 2.10 bits per heavy atom. The quantitative estimate of drug-likeness (QED) is 0.357. The standard InChI is InChI=1S/C22H36NO4PS/c1-2-3-4-11-29-15-17-5-6-19-13-20(8-7-18(19)12-17)21-9-10-22(23,14-21)16-27-28(24,25)26/h7-8,13,17,21H,2-6,9-12,14-16,23H2,1H3,(H2,24,25,26)/t17-,21+,22-/m1/s1. The summed E-state index contributed by atoms with van der Waals surface area (Å²) in [6.45, 7) is 2.17. The van der Waals surface area contributed by atoms with Crippen molar-refractivity contribution in [3.05, 3.63) is 34.9 Å². The molecular formula is C22H36NO4PS. The number of nitrogens with two attached hydrogens (primary N) is 1. The molecule has 0 radical (unpaired) electrons. The summed E-state index contributed by atoms with van der Waals surface area (Å²) in [5, 5.41) is 0. The number of fused-ring (bicyclic) bond motifs is 1. The van der Waals surface area contributed by atoms with E-state index < -0.39 is 13.4 Å². The molecule has 1 fully saturated rings. The lowest BCUT2D eigenvalue weighted by atomic mass is 9.82. The van der Waals surface area contributed by atoms with Gasteiger partial charge in [0.15, 0.2) is 0 Å². The first-order valence-electron chi connectivity index (χ1n) is 11.0. The fourth-order valence-electron chi connectivity index (χ4n) is 4.74. The number of unbranched alkanes of at least 4 members (excludes halogenated alkanes) is 2. The maximum Gasteiger partial charge on any atom is 0.469 e. The summed E-state index contributed by atoms with van der Waals surface area (Å²) in [6.07, 6.45) is 9.99. The number of benzene rings is 1. The number of hydrogen-bond donors (Lipinski definition) is 3. The monoisotopic (exact) mass is 441 g/mol. The minimum absolute atomic E-state index is 0.0870. The fraction of sp³-hybridized carbons (Fsp3) is 0.727. The van der Waals surface area contributed by atoms with E-state index in [2.05, 4.69) is 36.9 Å². The van der Waals surface area contributed by atoms with Gasteiger partial charge in [-0.25, -0.2) is 4.57 Å². The van der Waals surface area contributed by atoms with E-state index in [9.17, 15) is 4.57 Å². The molecule has 3 rings (SSSR count). The van der Waals surface area contributed by atoms with Gasteiger partial charge in [-0.3, -0.25) is 4.52 Å². The Bertz CT molecular complexity index is 725. The predicted molar refractivity (Wildman–Crippen MR) is 120 cm³/mol. The van der Waals surface area contributed by atoms with E-state index in [1.54, 1.807) is 0 Å². The van der Waals surface area contributed by atoms with E-state index in [1.807, 2.05) is 0 Å². The maximum absolute atomic E-state index is 11.0. The normalized spacial score (nSPS) is 27.2. The van der Waals surface area contributed by atoms with E-state index in [-0.39, 0.29) is 6.61 Å². The van der Waals surface area contributed by atoms with Crippen molar-refractivity contribution in [2.24, 2.45) is 11.7 Å². The average Bonchev–Trinajstić information content (AvgIpc) is 3.08. The highest BCUT2D eigenvalue weighted by Crippen LogP contribution is 2.44. The molecule has 1 aromatic rings. The Morgan fingerprint density at radius 1 is 1.28 bits per heavy atom. The molecule has 164 valence electrons. The zero-order valence-electron chi connectivity index (χ0n) is 17.5. The van der Waals surface area contributed by atoms with Gasteiger partial charge in [-0.15, -0.1) is 0 Å². The van der Waals surface area contributed by atoms with Crippen molar-refractivity contribution in [1.82, 2.24) is 0 Å². The molecule has 5 nitrogen and oxygen atoms in total. The van der Waals surface area contributed by atoms with Crippen molar-refractivity contribution in [3.63, 3.8) is 0 Å². The largest absolute Gasteiger partial charge is 0.469 e. The summed E-state index contributed by atoms with van der Waals surface area (Å²) < 4.78 is 15.7. The summed E-state index contributed by atoms with van der Waals surface area (Å²) in [7, 11) is -4.47. The van der Waals surface area contributed by atoms with E-state index >= 15 is 0 Å². The molecule has 0 amide bonds. The number of hydrogen-bond acceptors (Lipinski definition) is 4. The number of thioether (sulfide) groups is 1. The van der Waals surface area contributed by atoms with Crippen molar-refractivity contribution < 1.29 is 18.9 Å². The summed E-state index contributed by atoms with van der Waals surface area (Å²) in [5.74, 6) is 3.72. The van der Waals surface area contributed by atoms with Crippen LogP contribution in [-0.4, -0.2) is 33.4 Å². The molecule has 0 saturated heterocycles. The van der Waals surface area contributed by atoms with Gasteiger partial charge in [0.25, 0.3) is 0 Å². The summed E-state index contributed by atoms with van der Waals surface area (Å²) in [4.78, 5) is 17.9. The lowest BCUT2D eigenvalue weighted by Gasteiger charge is -2.26. The number of aryl methyl sites for hydroxylation is 1. The zero-order chi connectivity index (χ0) is 20.9. The van der Waals surface area contributed by atoms with Crippen molar-refractivity contribution in [1.29, 1.82) is 0 Å². The molecule has 0 aliphatic heterocycles. The van der Waals surface area contributed by atoms with Crippen molar-refractivity contribution >= 4 is 19.6 Å². The van der Waals surface area contributed by atoms with Crippen LogP contribution in [0.5, 0.6) is 0 Å². The van der Waals surface area contributed by atoms with Gasteiger partial charge in [0.2, 0.25) is 0 Å². The molecule has 1 saturated carbocycles. The van der Waals surface area contributed by atoms with Gasteiger partial charge in [0.1, 0.15) is 0 Å². The molecule has 2 aliphatic rings. The van der Waals surface area contributed by atoms with Gasteiger partial charge in [-0.2, -0.15) is 11.8 Å². The molecular weight excluding hydrogens is 405 g/mol. The second kappa shape index (κ2) is 10.3. The first kappa shape index (κ1) is 23.3. The van der Waals surface area contributed by atoms with Gasteiger partial charge in [-0.05, 0) is 85.0 Å². The highest BCUT2D eigenvalue weighted by Gasteiger charge is 2.38. The van der Waals surface area contributed by atoms with Crippen molar-refractivity contribution in [2.75, 3.05) is 18.1 Å². The van der Waals surface area contributed by atoms with E-state index in [4.69, 9.17) is 20.0 Å². The van der Waals surface area contributed by atoms with Gasteiger partial charge < -0.3 is 15.5 Å². The average molecular weight is 442 g/mol. The highest BCUT2D eigenvalue weighted by atomic mass is 32.2. The van der Waals surface area contributed by atoms with Crippen LogP contribution < -0.4 is 5.73 Å². The van der Waals surface area contributed by atoms with E-state index in [0.717, 1.165) is 25.2 Å². The minimum atomic E-state index is -4.47. The lowest BCUT2D eigenvalue weighted by molar-refractivity contribution is 0.153.